The van der Waals surface area contributed by atoms with Crippen molar-refractivity contribution < 1.29 is 27.4 Å². The average molecular weight is 383 g/mol. The molecule has 1 unspecified atom stereocenters. The second kappa shape index (κ2) is 7.49. The predicted octanol–water partition coefficient (Wildman–Crippen LogP) is 3.90. The van der Waals surface area contributed by atoms with Gasteiger partial charge in [0.25, 0.3) is 0 Å². The molecule has 4 nitrogen and oxygen atoms in total. The van der Waals surface area contributed by atoms with Crippen LogP contribution in [0.3, 0.4) is 0 Å². The van der Waals surface area contributed by atoms with E-state index in [0.717, 1.165) is 12.1 Å². The first-order valence-corrected chi connectivity index (χ1v) is 8.77. The molecule has 1 aliphatic rings. The molecule has 0 aliphatic carbocycles. The lowest BCUT2D eigenvalue weighted by Crippen LogP contribution is -2.28. The van der Waals surface area contributed by atoms with Crippen LogP contribution in [-0.4, -0.2) is 30.8 Å². The van der Waals surface area contributed by atoms with Gasteiger partial charge in [-0.05, 0) is 18.2 Å². The van der Waals surface area contributed by atoms with Crippen LogP contribution in [0.15, 0.2) is 30.3 Å². The summed E-state index contributed by atoms with van der Waals surface area (Å²) in [5, 5.41) is -0.499. The van der Waals surface area contributed by atoms with Crippen molar-refractivity contribution in [3.05, 3.63) is 58.9 Å². The maximum absolute atomic E-state index is 14.1. The zero-order valence-corrected chi connectivity index (χ0v) is 14.9. The molecule has 1 saturated heterocycles. The Morgan fingerprint density at radius 3 is 2.35 bits per heavy atom. The van der Waals surface area contributed by atoms with E-state index in [-0.39, 0.29) is 23.8 Å². The molecular formula is C18H16F3NO3S. The third kappa shape index (κ3) is 3.21. The number of hydrogen-bond donors (Lipinski definition) is 0. The molecule has 0 spiro atoms. The Balaban J connectivity index is 2.00. The lowest BCUT2D eigenvalue weighted by molar-refractivity contribution is -0.128. The SMILES string of the molecule is COc1cccc(OC)c1C1SCC(=O)N1Cc1ccc(F)c(F)c1F. The van der Waals surface area contributed by atoms with Gasteiger partial charge in [-0.3, -0.25) is 4.79 Å². The molecule has 0 N–H and O–H groups in total. The number of methoxy groups -OCH3 is 2. The van der Waals surface area contributed by atoms with Crippen LogP contribution in [0.2, 0.25) is 0 Å². The van der Waals surface area contributed by atoms with E-state index in [2.05, 4.69) is 0 Å². The van der Waals surface area contributed by atoms with Gasteiger partial charge in [0.2, 0.25) is 5.91 Å². The van der Waals surface area contributed by atoms with Gasteiger partial charge in [0.15, 0.2) is 17.5 Å². The zero-order valence-electron chi connectivity index (χ0n) is 14.1. The number of amides is 1. The number of halogens is 3. The molecule has 1 amide bonds. The highest BCUT2D eigenvalue weighted by atomic mass is 32.2. The number of thioether (sulfide) groups is 1. The number of benzene rings is 2. The highest BCUT2D eigenvalue weighted by Gasteiger charge is 2.37. The highest BCUT2D eigenvalue weighted by Crippen LogP contribution is 2.47. The van der Waals surface area contributed by atoms with E-state index in [1.165, 1.54) is 30.9 Å². The van der Waals surface area contributed by atoms with E-state index < -0.39 is 22.8 Å². The van der Waals surface area contributed by atoms with Crippen molar-refractivity contribution >= 4 is 17.7 Å². The standard InChI is InChI=1S/C18H16F3NO3S/c1-24-12-4-3-5-13(25-2)15(12)18-22(14(23)9-26-18)8-10-6-7-11(19)17(21)16(10)20/h3-7,18H,8-9H2,1-2H3. The van der Waals surface area contributed by atoms with E-state index in [9.17, 15) is 18.0 Å². The van der Waals surface area contributed by atoms with Crippen LogP contribution in [0.1, 0.15) is 16.5 Å². The molecule has 0 bridgehead atoms. The van der Waals surface area contributed by atoms with Crippen molar-refractivity contribution in [1.82, 2.24) is 4.90 Å². The summed E-state index contributed by atoms with van der Waals surface area (Å²) in [7, 11) is 3.00. The topological polar surface area (TPSA) is 38.8 Å². The fourth-order valence-corrected chi connectivity index (χ4v) is 4.10. The molecule has 0 saturated carbocycles. The molecule has 0 aromatic heterocycles. The fraction of sp³-hybridized carbons (Fsp3) is 0.278. The summed E-state index contributed by atoms with van der Waals surface area (Å²) in [6, 6.07) is 7.21. The van der Waals surface area contributed by atoms with E-state index >= 15 is 0 Å². The Bertz CT molecular complexity index is 824. The third-order valence-corrected chi connectivity index (χ3v) is 5.36. The molecule has 8 heteroatoms. The van der Waals surface area contributed by atoms with Crippen LogP contribution < -0.4 is 9.47 Å². The van der Waals surface area contributed by atoms with Gasteiger partial charge >= 0.3 is 0 Å². The van der Waals surface area contributed by atoms with Crippen molar-refractivity contribution in [3.8, 4) is 11.5 Å². The quantitative estimate of drug-likeness (QED) is 0.735. The van der Waals surface area contributed by atoms with Crippen LogP contribution in [0.25, 0.3) is 0 Å². The second-order valence-electron chi connectivity index (χ2n) is 5.60. The van der Waals surface area contributed by atoms with Gasteiger partial charge in [0, 0.05) is 5.56 Å². The molecule has 1 aliphatic heterocycles. The summed E-state index contributed by atoms with van der Waals surface area (Å²) in [6.07, 6.45) is 0. The molecule has 2 aromatic rings. The third-order valence-electron chi connectivity index (χ3n) is 4.14. The van der Waals surface area contributed by atoms with Gasteiger partial charge in [0.05, 0.1) is 32.1 Å². The summed E-state index contributed by atoms with van der Waals surface area (Å²) >= 11 is 1.33. The smallest absolute Gasteiger partial charge is 0.234 e. The molecule has 0 radical (unpaired) electrons. The minimum Gasteiger partial charge on any atom is -0.496 e. The van der Waals surface area contributed by atoms with Crippen molar-refractivity contribution in [2.45, 2.75) is 11.9 Å². The summed E-state index contributed by atoms with van der Waals surface area (Å²) in [4.78, 5) is 13.8. The zero-order chi connectivity index (χ0) is 18.8. The maximum Gasteiger partial charge on any atom is 0.234 e. The van der Waals surface area contributed by atoms with E-state index in [0.29, 0.717) is 17.1 Å². The number of carbonyl (C=O) groups excluding carboxylic acids is 1. The van der Waals surface area contributed by atoms with Crippen LogP contribution in [0.5, 0.6) is 11.5 Å². The molecule has 2 aromatic carbocycles. The number of hydrogen-bond acceptors (Lipinski definition) is 4. The van der Waals surface area contributed by atoms with Gasteiger partial charge in [-0.15, -0.1) is 11.8 Å². The molecule has 3 rings (SSSR count). The van der Waals surface area contributed by atoms with Gasteiger partial charge in [0.1, 0.15) is 16.9 Å². The predicted molar refractivity (Wildman–Crippen MR) is 91.6 cm³/mol. The van der Waals surface area contributed by atoms with E-state index in [1.54, 1.807) is 18.2 Å². The number of ether oxygens (including phenoxy) is 2. The van der Waals surface area contributed by atoms with Gasteiger partial charge in [-0.25, -0.2) is 13.2 Å². The first kappa shape index (κ1) is 18.4. The first-order valence-electron chi connectivity index (χ1n) is 7.72. The van der Waals surface area contributed by atoms with Crippen LogP contribution >= 0.6 is 11.8 Å². The van der Waals surface area contributed by atoms with Crippen molar-refractivity contribution in [1.29, 1.82) is 0 Å². The molecule has 26 heavy (non-hydrogen) atoms. The van der Waals surface area contributed by atoms with Crippen LogP contribution in [-0.2, 0) is 11.3 Å². The van der Waals surface area contributed by atoms with Gasteiger partial charge in [-0.2, -0.15) is 0 Å². The minimum absolute atomic E-state index is 0.0985. The minimum atomic E-state index is -1.55. The second-order valence-corrected chi connectivity index (χ2v) is 6.66. The van der Waals surface area contributed by atoms with Crippen LogP contribution in [0, 0.1) is 17.5 Å². The highest BCUT2D eigenvalue weighted by molar-refractivity contribution is 8.00. The molecule has 1 fully saturated rings. The Hall–Kier alpha value is -2.35. The molecule has 1 atom stereocenters. The van der Waals surface area contributed by atoms with Gasteiger partial charge < -0.3 is 14.4 Å². The summed E-state index contributed by atoms with van der Waals surface area (Å²) in [5.41, 5.74) is 0.537. The monoisotopic (exact) mass is 383 g/mol. The summed E-state index contributed by atoms with van der Waals surface area (Å²) < 4.78 is 51.5. The Kier molecular flexibility index (Phi) is 5.31. The Morgan fingerprint density at radius 2 is 1.73 bits per heavy atom. The van der Waals surface area contributed by atoms with E-state index in [4.69, 9.17) is 9.47 Å². The lowest BCUT2D eigenvalue weighted by atomic mass is 10.1. The fourth-order valence-electron chi connectivity index (χ4n) is 2.86. The number of carbonyl (C=O) groups is 1. The van der Waals surface area contributed by atoms with Crippen molar-refractivity contribution in [3.63, 3.8) is 0 Å². The Morgan fingerprint density at radius 1 is 1.08 bits per heavy atom. The normalized spacial score (nSPS) is 16.9. The van der Waals surface area contributed by atoms with Crippen molar-refractivity contribution in [2.75, 3.05) is 20.0 Å². The Labute approximate surface area is 152 Å². The van der Waals surface area contributed by atoms with Crippen LogP contribution in [0.4, 0.5) is 13.2 Å². The molecular weight excluding hydrogens is 367 g/mol. The number of nitrogens with zero attached hydrogens (tertiary/aromatic N) is 1. The molecule has 1 heterocycles. The average Bonchev–Trinajstić information content (AvgIpc) is 3.01. The largest absolute Gasteiger partial charge is 0.496 e. The first-order chi connectivity index (χ1) is 12.5. The van der Waals surface area contributed by atoms with E-state index in [1.807, 2.05) is 0 Å². The van der Waals surface area contributed by atoms with Gasteiger partial charge in [-0.1, -0.05) is 12.1 Å². The summed E-state index contributed by atoms with van der Waals surface area (Å²) in [5.74, 6) is -3.13. The molecule has 138 valence electrons. The maximum atomic E-state index is 14.1. The number of rotatable bonds is 5. The van der Waals surface area contributed by atoms with Crippen molar-refractivity contribution in [2.24, 2.45) is 0 Å². The lowest BCUT2D eigenvalue weighted by Gasteiger charge is -2.27. The summed E-state index contributed by atoms with van der Waals surface area (Å²) in [6.45, 7) is -0.194.